The number of sulfonamides is 1. The maximum absolute atomic E-state index is 14.9. The van der Waals surface area contributed by atoms with Crippen molar-refractivity contribution in [1.29, 1.82) is 0 Å². The van der Waals surface area contributed by atoms with Gasteiger partial charge in [0.25, 0.3) is 0 Å². The molecule has 1 aliphatic heterocycles. The van der Waals surface area contributed by atoms with E-state index in [1.165, 1.54) is 0 Å². The van der Waals surface area contributed by atoms with E-state index in [0.29, 0.717) is 12.8 Å². The molecule has 7 nitrogen and oxygen atoms in total. The Morgan fingerprint density at radius 3 is 2.48 bits per heavy atom. The summed E-state index contributed by atoms with van der Waals surface area (Å²) in [6.45, 7) is 0.694. The van der Waals surface area contributed by atoms with Crippen molar-refractivity contribution >= 4 is 21.5 Å². The van der Waals surface area contributed by atoms with Gasteiger partial charge in [-0.15, -0.1) is 5.10 Å². The second kappa shape index (κ2) is 7.54. The Kier molecular flexibility index (Phi) is 5.39. The van der Waals surface area contributed by atoms with Gasteiger partial charge in [-0.25, -0.2) is 26.7 Å². The van der Waals surface area contributed by atoms with Crippen LogP contribution in [0.3, 0.4) is 0 Å². The molecule has 13 heteroatoms. The fourth-order valence-corrected chi connectivity index (χ4v) is 4.80. The molecule has 3 heterocycles. The first-order valence-electron chi connectivity index (χ1n) is 9.87. The average Bonchev–Trinajstić information content (AvgIpc) is 3.46. The summed E-state index contributed by atoms with van der Waals surface area (Å²) < 4.78 is 95.1. The molecule has 2 aromatic rings. The highest BCUT2D eigenvalue weighted by Gasteiger charge is 2.44. The van der Waals surface area contributed by atoms with Gasteiger partial charge in [-0.05, 0) is 32.1 Å². The second-order valence-electron chi connectivity index (χ2n) is 8.21. The largest absolute Gasteiger partial charge is 0.396 e. The van der Waals surface area contributed by atoms with E-state index in [0.717, 1.165) is 28.2 Å². The maximum Gasteiger partial charge on any atom is 0.396 e. The summed E-state index contributed by atoms with van der Waals surface area (Å²) >= 11 is 0. The highest BCUT2D eigenvalue weighted by molar-refractivity contribution is 7.88. The maximum atomic E-state index is 14.9. The number of piperidine rings is 1. The second-order valence-corrected chi connectivity index (χ2v) is 10.2. The summed E-state index contributed by atoms with van der Waals surface area (Å²) in [4.78, 5) is 3.96. The molecule has 172 valence electrons. The van der Waals surface area contributed by atoms with Crippen LogP contribution in [-0.4, -0.2) is 65.1 Å². The molecule has 3 atom stereocenters. The van der Waals surface area contributed by atoms with Crippen LogP contribution in [0.4, 0.5) is 27.9 Å². The number of fused-ring (bicyclic) bond motifs is 1. The number of alkyl halides is 4. The van der Waals surface area contributed by atoms with Crippen molar-refractivity contribution in [2.75, 3.05) is 24.7 Å². The minimum Gasteiger partial charge on any atom is -0.347 e. The van der Waals surface area contributed by atoms with Crippen molar-refractivity contribution < 1.29 is 30.4 Å². The van der Waals surface area contributed by atoms with E-state index in [9.17, 15) is 30.4 Å². The summed E-state index contributed by atoms with van der Waals surface area (Å²) in [6, 6.07) is -0.831. The lowest BCUT2D eigenvalue weighted by Gasteiger charge is -2.33. The van der Waals surface area contributed by atoms with E-state index in [2.05, 4.69) is 15.4 Å². The normalized spacial score (nSPS) is 24.5. The number of rotatable bonds is 5. The minimum absolute atomic E-state index is 0.0149. The Bertz CT molecular complexity index is 1100. The first-order valence-corrected chi connectivity index (χ1v) is 11.7. The molecular formula is C18H22F5N5O2S. The number of anilines is 1. The van der Waals surface area contributed by atoms with Crippen LogP contribution < -0.4 is 5.32 Å². The Labute approximate surface area is 175 Å². The number of halogens is 5. The number of hydrogen-bond acceptors (Lipinski definition) is 5. The van der Waals surface area contributed by atoms with Crippen LogP contribution in [0.2, 0.25) is 0 Å². The standard InChI is InChI=1S/C18H22F5N5O2S/c1-9(18(21,22)23)16-14(10-3-4-10)15(20)13-7-24-17(26-28(13)16)25-12-5-6-27(8-11(12)19)31(2,29)30/h7,9-12H,3-6,8H2,1-2H3,(H,25,26)/t9?,11-,12-/m1/s1. The van der Waals surface area contributed by atoms with Crippen molar-refractivity contribution in [1.82, 2.24) is 18.9 Å². The highest BCUT2D eigenvalue weighted by Crippen LogP contribution is 2.48. The zero-order valence-electron chi connectivity index (χ0n) is 16.8. The zero-order valence-corrected chi connectivity index (χ0v) is 17.6. The predicted molar refractivity (Wildman–Crippen MR) is 103 cm³/mol. The van der Waals surface area contributed by atoms with Gasteiger partial charge in [0.1, 0.15) is 11.7 Å². The summed E-state index contributed by atoms with van der Waals surface area (Å²) in [5.74, 6) is -3.14. The molecule has 0 bridgehead atoms. The summed E-state index contributed by atoms with van der Waals surface area (Å²) in [5.41, 5.74) is -0.417. The van der Waals surface area contributed by atoms with Crippen molar-refractivity contribution in [2.45, 2.75) is 56.4 Å². The van der Waals surface area contributed by atoms with Crippen LogP contribution in [0, 0.1) is 5.82 Å². The molecule has 4 rings (SSSR count). The molecule has 31 heavy (non-hydrogen) atoms. The summed E-state index contributed by atoms with van der Waals surface area (Å²) in [5, 5.41) is 6.78. The van der Waals surface area contributed by atoms with Gasteiger partial charge in [-0.1, -0.05) is 0 Å². The Hall–Kier alpha value is -2.02. The number of nitrogens with one attached hydrogen (secondary N) is 1. The molecule has 1 N–H and O–H groups in total. The Balaban J connectivity index is 1.67. The van der Waals surface area contributed by atoms with E-state index in [1.54, 1.807) is 0 Å². The third kappa shape index (κ3) is 4.21. The van der Waals surface area contributed by atoms with Crippen molar-refractivity contribution in [3.05, 3.63) is 23.3 Å². The summed E-state index contributed by atoms with van der Waals surface area (Å²) in [6.07, 6.45) is -2.76. The van der Waals surface area contributed by atoms with Gasteiger partial charge in [-0.3, -0.25) is 0 Å². The molecule has 1 unspecified atom stereocenters. The van der Waals surface area contributed by atoms with Crippen LogP contribution in [-0.2, 0) is 10.0 Å². The molecule has 1 saturated carbocycles. The molecule has 0 spiro atoms. The van der Waals surface area contributed by atoms with Gasteiger partial charge in [-0.2, -0.15) is 17.5 Å². The first-order chi connectivity index (χ1) is 14.4. The van der Waals surface area contributed by atoms with Gasteiger partial charge in [0.2, 0.25) is 16.0 Å². The van der Waals surface area contributed by atoms with Crippen molar-refractivity contribution in [2.24, 2.45) is 0 Å². The van der Waals surface area contributed by atoms with Gasteiger partial charge < -0.3 is 5.32 Å². The predicted octanol–water partition coefficient (Wildman–Crippen LogP) is 3.20. The number of aromatic nitrogens is 3. The quantitative estimate of drug-likeness (QED) is 0.684. The summed E-state index contributed by atoms with van der Waals surface area (Å²) in [7, 11) is -3.54. The lowest BCUT2D eigenvalue weighted by Crippen LogP contribution is -2.49. The monoisotopic (exact) mass is 467 g/mol. The lowest BCUT2D eigenvalue weighted by molar-refractivity contribution is -0.147. The van der Waals surface area contributed by atoms with Crippen molar-refractivity contribution in [3.63, 3.8) is 0 Å². The van der Waals surface area contributed by atoms with Gasteiger partial charge in [0.15, 0.2) is 5.82 Å². The van der Waals surface area contributed by atoms with E-state index in [1.807, 2.05) is 0 Å². The smallest absolute Gasteiger partial charge is 0.347 e. The zero-order chi connectivity index (χ0) is 22.7. The third-order valence-electron chi connectivity index (χ3n) is 5.87. The molecule has 1 saturated heterocycles. The minimum atomic E-state index is -4.59. The van der Waals surface area contributed by atoms with Crippen LogP contribution in [0.25, 0.3) is 5.52 Å². The molecule has 0 aromatic carbocycles. The van der Waals surface area contributed by atoms with Crippen molar-refractivity contribution in [3.8, 4) is 0 Å². The molecule has 2 aromatic heterocycles. The van der Waals surface area contributed by atoms with Gasteiger partial charge in [0, 0.05) is 18.7 Å². The molecule has 1 aliphatic carbocycles. The molecular weight excluding hydrogens is 445 g/mol. The van der Waals surface area contributed by atoms with E-state index in [4.69, 9.17) is 0 Å². The number of hydrogen-bond donors (Lipinski definition) is 1. The van der Waals surface area contributed by atoms with E-state index < -0.39 is 40.1 Å². The van der Waals surface area contributed by atoms with Gasteiger partial charge >= 0.3 is 6.18 Å². The van der Waals surface area contributed by atoms with E-state index in [-0.39, 0.29) is 48.2 Å². The highest BCUT2D eigenvalue weighted by atomic mass is 32.2. The van der Waals surface area contributed by atoms with Crippen LogP contribution >= 0.6 is 0 Å². The molecule has 2 aliphatic rings. The van der Waals surface area contributed by atoms with Gasteiger partial charge in [0.05, 0.1) is 30.1 Å². The average molecular weight is 467 g/mol. The van der Waals surface area contributed by atoms with Crippen LogP contribution in [0.5, 0.6) is 0 Å². The number of nitrogens with zero attached hydrogens (tertiary/aromatic N) is 4. The third-order valence-corrected chi connectivity index (χ3v) is 7.14. The lowest BCUT2D eigenvalue weighted by atomic mass is 10.0. The SMILES string of the molecule is CC(c1c(C2CC2)c(F)c2cnc(N[C@@H]3CCN(S(C)(=O)=O)C[C@H]3F)nn12)C(F)(F)F. The Morgan fingerprint density at radius 2 is 1.94 bits per heavy atom. The topological polar surface area (TPSA) is 79.6 Å². The van der Waals surface area contributed by atoms with Crippen LogP contribution in [0.1, 0.15) is 49.3 Å². The molecule has 0 amide bonds. The first kappa shape index (κ1) is 22.2. The molecule has 0 radical (unpaired) electrons. The van der Waals surface area contributed by atoms with E-state index >= 15 is 0 Å². The fourth-order valence-electron chi connectivity index (χ4n) is 3.95. The Morgan fingerprint density at radius 1 is 1.26 bits per heavy atom. The fraction of sp³-hybridized carbons (Fsp3) is 0.667. The molecule has 2 fully saturated rings. The van der Waals surface area contributed by atoms with Crippen LogP contribution in [0.15, 0.2) is 6.20 Å².